The summed E-state index contributed by atoms with van der Waals surface area (Å²) >= 11 is 0. The van der Waals surface area contributed by atoms with Crippen LogP contribution in [0.15, 0.2) is 6.07 Å². The van der Waals surface area contributed by atoms with E-state index in [1.165, 1.54) is 0 Å². The van der Waals surface area contributed by atoms with Gasteiger partial charge in [-0.05, 0) is 18.9 Å². The molecule has 1 aromatic heterocycles. The molecule has 1 aliphatic rings. The molecule has 0 aliphatic carbocycles. The van der Waals surface area contributed by atoms with Crippen LogP contribution in [0.25, 0.3) is 0 Å². The van der Waals surface area contributed by atoms with E-state index in [1.54, 1.807) is 9.58 Å². The Hall–Kier alpha value is -1.40. The lowest BCUT2D eigenvalue weighted by Gasteiger charge is -2.34. The van der Waals surface area contributed by atoms with Crippen molar-refractivity contribution in [2.45, 2.75) is 39.3 Å². The average Bonchev–Trinajstić information content (AvgIpc) is 2.90. The highest BCUT2D eigenvalue weighted by molar-refractivity contribution is 5.93. The monoisotopic (exact) mass is 281 g/mol. The van der Waals surface area contributed by atoms with Crippen LogP contribution < -0.4 is 0 Å². The number of nitrogens with zero attached hydrogens (tertiary/aromatic N) is 3. The molecule has 2 rings (SSSR count). The summed E-state index contributed by atoms with van der Waals surface area (Å²) < 4.78 is 7.05. The highest BCUT2D eigenvalue weighted by Gasteiger charge is 2.29. The molecule has 1 N–H and O–H groups in total. The van der Waals surface area contributed by atoms with E-state index in [-0.39, 0.29) is 24.5 Å². The zero-order valence-electron chi connectivity index (χ0n) is 12.4. The van der Waals surface area contributed by atoms with E-state index in [4.69, 9.17) is 4.74 Å². The highest BCUT2D eigenvalue weighted by Crippen LogP contribution is 2.18. The van der Waals surface area contributed by atoms with Crippen LogP contribution in [0.4, 0.5) is 0 Å². The molecule has 6 nitrogen and oxygen atoms in total. The van der Waals surface area contributed by atoms with Crippen LogP contribution in [-0.4, -0.2) is 58.1 Å². The maximum atomic E-state index is 12.7. The number of amides is 1. The third-order valence-electron chi connectivity index (χ3n) is 3.61. The second-order valence-electron chi connectivity index (χ2n) is 5.33. The lowest BCUT2D eigenvalue weighted by molar-refractivity contribution is -0.0189. The summed E-state index contributed by atoms with van der Waals surface area (Å²) in [5.41, 5.74) is 1.51. The Morgan fingerprint density at radius 2 is 2.35 bits per heavy atom. The van der Waals surface area contributed by atoms with Gasteiger partial charge in [0.2, 0.25) is 0 Å². The van der Waals surface area contributed by atoms with Crippen LogP contribution >= 0.6 is 0 Å². The van der Waals surface area contributed by atoms with Gasteiger partial charge >= 0.3 is 0 Å². The van der Waals surface area contributed by atoms with Crippen LogP contribution in [0.1, 0.15) is 42.9 Å². The summed E-state index contributed by atoms with van der Waals surface area (Å²) in [4.78, 5) is 14.4. The van der Waals surface area contributed by atoms with Crippen molar-refractivity contribution in [3.63, 3.8) is 0 Å². The van der Waals surface area contributed by atoms with E-state index in [2.05, 4.69) is 18.9 Å². The standard InChI is InChI=1S/C14H23N3O3/c1-4-17-13(7-12(15-17)10(2)3)14(19)16-5-6-20-9-11(16)8-18/h7,10-11,18H,4-6,8-9H2,1-3H3. The first-order chi connectivity index (χ1) is 9.58. The lowest BCUT2D eigenvalue weighted by atomic mass is 10.1. The molecule has 1 atom stereocenters. The first kappa shape index (κ1) is 15.0. The largest absolute Gasteiger partial charge is 0.394 e. The number of ether oxygens (including phenoxy) is 1. The van der Waals surface area contributed by atoms with Crippen LogP contribution in [0.3, 0.4) is 0 Å². The molecule has 6 heteroatoms. The SMILES string of the molecule is CCn1nc(C(C)C)cc1C(=O)N1CCOCC1CO. The molecule has 1 unspecified atom stereocenters. The van der Waals surface area contributed by atoms with Crippen LogP contribution in [0.2, 0.25) is 0 Å². The molecule has 0 aromatic carbocycles. The third kappa shape index (κ3) is 2.86. The number of aliphatic hydroxyl groups is 1. The lowest BCUT2D eigenvalue weighted by Crippen LogP contribution is -2.50. The first-order valence-corrected chi connectivity index (χ1v) is 7.15. The maximum absolute atomic E-state index is 12.7. The van der Waals surface area contributed by atoms with Gasteiger partial charge < -0.3 is 14.7 Å². The minimum Gasteiger partial charge on any atom is -0.394 e. The fourth-order valence-corrected chi connectivity index (χ4v) is 2.35. The van der Waals surface area contributed by atoms with Crippen molar-refractivity contribution in [1.82, 2.24) is 14.7 Å². The fraction of sp³-hybridized carbons (Fsp3) is 0.714. The summed E-state index contributed by atoms with van der Waals surface area (Å²) in [6.07, 6.45) is 0. The minimum atomic E-state index is -0.265. The van der Waals surface area contributed by atoms with Gasteiger partial charge in [-0.2, -0.15) is 5.10 Å². The number of carbonyl (C=O) groups is 1. The fourth-order valence-electron chi connectivity index (χ4n) is 2.35. The summed E-state index contributed by atoms with van der Waals surface area (Å²) in [5.74, 6) is 0.210. The summed E-state index contributed by atoms with van der Waals surface area (Å²) in [6.45, 7) is 8.07. The first-order valence-electron chi connectivity index (χ1n) is 7.15. The Labute approximate surface area is 119 Å². The molecule has 2 heterocycles. The van der Waals surface area contributed by atoms with E-state index < -0.39 is 0 Å². The van der Waals surface area contributed by atoms with E-state index in [9.17, 15) is 9.90 Å². The van der Waals surface area contributed by atoms with Gasteiger partial charge in [0, 0.05) is 13.1 Å². The molecule has 0 bridgehead atoms. The van der Waals surface area contributed by atoms with Crippen LogP contribution in [-0.2, 0) is 11.3 Å². The van der Waals surface area contributed by atoms with Gasteiger partial charge in [-0.15, -0.1) is 0 Å². The van der Waals surface area contributed by atoms with Crippen LogP contribution in [0.5, 0.6) is 0 Å². The third-order valence-corrected chi connectivity index (χ3v) is 3.61. The molecule has 1 aliphatic heterocycles. The van der Waals surface area contributed by atoms with Gasteiger partial charge in [-0.3, -0.25) is 9.48 Å². The van der Waals surface area contributed by atoms with Crippen molar-refractivity contribution in [3.8, 4) is 0 Å². The van der Waals surface area contributed by atoms with Gasteiger partial charge in [0.05, 0.1) is 31.6 Å². The smallest absolute Gasteiger partial charge is 0.272 e. The van der Waals surface area contributed by atoms with Crippen molar-refractivity contribution in [2.75, 3.05) is 26.4 Å². The van der Waals surface area contributed by atoms with E-state index in [0.29, 0.717) is 32.0 Å². The Kier molecular flexibility index (Phi) is 4.77. The van der Waals surface area contributed by atoms with Gasteiger partial charge in [-0.1, -0.05) is 13.8 Å². The number of morpholine rings is 1. The van der Waals surface area contributed by atoms with E-state index in [1.807, 2.05) is 13.0 Å². The topological polar surface area (TPSA) is 67.6 Å². The molecule has 0 radical (unpaired) electrons. The molecule has 20 heavy (non-hydrogen) atoms. The normalized spacial score (nSPS) is 19.6. The molecular weight excluding hydrogens is 258 g/mol. The predicted molar refractivity (Wildman–Crippen MR) is 74.7 cm³/mol. The molecular formula is C14H23N3O3. The molecule has 1 saturated heterocycles. The van der Waals surface area contributed by atoms with Gasteiger partial charge in [0.1, 0.15) is 5.69 Å². The molecule has 112 valence electrons. The van der Waals surface area contributed by atoms with Crippen molar-refractivity contribution < 1.29 is 14.6 Å². The Morgan fingerprint density at radius 3 is 2.95 bits per heavy atom. The van der Waals surface area contributed by atoms with E-state index >= 15 is 0 Å². The second-order valence-corrected chi connectivity index (χ2v) is 5.33. The highest BCUT2D eigenvalue weighted by atomic mass is 16.5. The zero-order chi connectivity index (χ0) is 14.7. The van der Waals surface area contributed by atoms with Crippen molar-refractivity contribution in [1.29, 1.82) is 0 Å². The number of rotatable bonds is 4. The Morgan fingerprint density at radius 1 is 1.60 bits per heavy atom. The summed E-state index contributed by atoms with van der Waals surface area (Å²) in [6, 6.07) is 1.60. The van der Waals surface area contributed by atoms with Crippen LogP contribution in [0, 0.1) is 0 Å². The predicted octanol–water partition coefficient (Wildman–Crippen LogP) is 0.860. The van der Waals surface area contributed by atoms with Crippen molar-refractivity contribution in [3.05, 3.63) is 17.5 Å². The van der Waals surface area contributed by atoms with Gasteiger partial charge in [0.25, 0.3) is 5.91 Å². The quantitative estimate of drug-likeness (QED) is 0.889. The Balaban J connectivity index is 2.27. The number of aliphatic hydroxyl groups excluding tert-OH is 1. The zero-order valence-corrected chi connectivity index (χ0v) is 12.4. The molecule has 0 saturated carbocycles. The second kappa shape index (κ2) is 6.37. The number of aromatic nitrogens is 2. The average molecular weight is 281 g/mol. The van der Waals surface area contributed by atoms with Crippen molar-refractivity contribution >= 4 is 5.91 Å². The maximum Gasteiger partial charge on any atom is 0.272 e. The number of carbonyl (C=O) groups excluding carboxylic acids is 1. The molecule has 1 aromatic rings. The number of hydrogen-bond donors (Lipinski definition) is 1. The van der Waals surface area contributed by atoms with Crippen molar-refractivity contribution in [2.24, 2.45) is 0 Å². The number of aryl methyl sites for hydroxylation is 1. The van der Waals surface area contributed by atoms with Gasteiger partial charge in [0.15, 0.2) is 0 Å². The summed E-state index contributed by atoms with van der Waals surface area (Å²) in [7, 11) is 0. The van der Waals surface area contributed by atoms with E-state index in [0.717, 1.165) is 5.69 Å². The Bertz CT molecular complexity index is 470. The van der Waals surface area contributed by atoms with Gasteiger partial charge in [-0.25, -0.2) is 0 Å². The number of hydrogen-bond acceptors (Lipinski definition) is 4. The minimum absolute atomic E-state index is 0.0754. The molecule has 0 spiro atoms. The summed E-state index contributed by atoms with van der Waals surface area (Å²) in [5, 5.41) is 13.9. The molecule has 1 fully saturated rings. The molecule has 1 amide bonds.